The molecule has 0 saturated carbocycles. The molecule has 2 saturated heterocycles. The molecule has 2 fully saturated rings. The minimum absolute atomic E-state index is 0.00316. The number of benzene rings is 2. The molecule has 188 valence electrons. The molecule has 4 atom stereocenters. The number of carbonyl (C=O) groups excluding carboxylic acids is 2. The van der Waals surface area contributed by atoms with E-state index in [2.05, 4.69) is 10.6 Å². The molecule has 13 heteroatoms. The Kier molecular flexibility index (Phi) is 6.64. The molecule has 0 aliphatic carbocycles. The Labute approximate surface area is 194 Å². The largest absolute Gasteiger partial charge is 0.441 e. The van der Waals surface area contributed by atoms with Crippen LogP contribution in [0.3, 0.4) is 0 Å². The van der Waals surface area contributed by atoms with Crippen molar-refractivity contribution in [1.82, 2.24) is 5.32 Å². The molecule has 0 aromatic heterocycles. The first-order valence-electron chi connectivity index (χ1n) is 10.3. The molecule has 0 bridgehead atoms. The monoisotopic (exact) mass is 504 g/mol. The van der Waals surface area contributed by atoms with Crippen molar-refractivity contribution in [3.05, 3.63) is 65.2 Å². The van der Waals surface area contributed by atoms with E-state index in [1.807, 2.05) is 0 Å². The number of fused-ring (bicyclic) bond motifs is 1. The van der Waals surface area contributed by atoms with Crippen LogP contribution < -0.4 is 10.6 Å². The van der Waals surface area contributed by atoms with Crippen molar-refractivity contribution in [3.8, 4) is 0 Å². The zero-order valence-electron chi connectivity index (χ0n) is 17.7. The molecule has 0 unspecified atom stereocenters. The van der Waals surface area contributed by atoms with Crippen molar-refractivity contribution in [2.45, 2.75) is 36.7 Å². The SMILES string of the molecule is O=C(Nc1cccc(C(F)(F)F)c1)O[C@H]1CO[C@@H]2[C@@H]1OC[C@@H]2NC(=O)c1ccc(C(F)(F)F)cc1. The molecule has 2 heterocycles. The highest BCUT2D eigenvalue weighted by molar-refractivity contribution is 5.94. The maximum atomic E-state index is 12.8. The van der Waals surface area contributed by atoms with E-state index < -0.39 is 59.8 Å². The smallest absolute Gasteiger partial charge is 0.416 e. The molecule has 4 rings (SSSR count). The molecule has 2 N–H and O–H groups in total. The van der Waals surface area contributed by atoms with Gasteiger partial charge in [-0.3, -0.25) is 10.1 Å². The number of hydrogen-bond donors (Lipinski definition) is 2. The second-order valence-corrected chi connectivity index (χ2v) is 7.90. The van der Waals surface area contributed by atoms with Crippen molar-refractivity contribution in [1.29, 1.82) is 0 Å². The number of nitrogens with one attached hydrogen (secondary N) is 2. The van der Waals surface area contributed by atoms with Gasteiger partial charge in [0.05, 0.1) is 30.4 Å². The Bertz CT molecular complexity index is 1090. The molecule has 2 aliphatic heterocycles. The van der Waals surface area contributed by atoms with Crippen LogP contribution in [0.25, 0.3) is 0 Å². The summed E-state index contributed by atoms with van der Waals surface area (Å²) in [6.07, 6.45) is -12.5. The number of hydrogen-bond acceptors (Lipinski definition) is 5. The van der Waals surface area contributed by atoms with E-state index in [9.17, 15) is 35.9 Å². The lowest BCUT2D eigenvalue weighted by Crippen LogP contribution is -2.44. The normalized spacial score (nSPS) is 24.1. The van der Waals surface area contributed by atoms with Crippen LogP contribution >= 0.6 is 0 Å². The fourth-order valence-electron chi connectivity index (χ4n) is 3.81. The fourth-order valence-corrected chi connectivity index (χ4v) is 3.81. The third-order valence-corrected chi connectivity index (χ3v) is 5.49. The van der Waals surface area contributed by atoms with Crippen LogP contribution in [0.1, 0.15) is 21.5 Å². The quantitative estimate of drug-likeness (QED) is 0.609. The predicted octanol–water partition coefficient (Wildman–Crippen LogP) is 4.24. The van der Waals surface area contributed by atoms with Gasteiger partial charge in [-0.05, 0) is 42.5 Å². The summed E-state index contributed by atoms with van der Waals surface area (Å²) in [6.45, 7) is -0.0885. The molecule has 7 nitrogen and oxygen atoms in total. The Morgan fingerprint density at radius 3 is 2.17 bits per heavy atom. The van der Waals surface area contributed by atoms with Crippen LogP contribution in [0.5, 0.6) is 0 Å². The van der Waals surface area contributed by atoms with Crippen LogP contribution in [0.2, 0.25) is 0 Å². The highest BCUT2D eigenvalue weighted by Crippen LogP contribution is 2.32. The van der Waals surface area contributed by atoms with Gasteiger partial charge in [0, 0.05) is 11.3 Å². The number of ether oxygens (including phenoxy) is 3. The number of anilines is 1. The van der Waals surface area contributed by atoms with Crippen molar-refractivity contribution < 1.29 is 50.1 Å². The van der Waals surface area contributed by atoms with Gasteiger partial charge in [0.25, 0.3) is 5.91 Å². The zero-order chi connectivity index (χ0) is 25.4. The Hall–Kier alpha value is -3.32. The lowest BCUT2D eigenvalue weighted by Gasteiger charge is -2.18. The summed E-state index contributed by atoms with van der Waals surface area (Å²) in [5, 5.41) is 4.85. The van der Waals surface area contributed by atoms with Crippen molar-refractivity contribution in [2.24, 2.45) is 0 Å². The number of alkyl halides is 6. The Morgan fingerprint density at radius 2 is 1.51 bits per heavy atom. The molecule has 0 radical (unpaired) electrons. The van der Waals surface area contributed by atoms with E-state index in [4.69, 9.17) is 14.2 Å². The minimum Gasteiger partial charge on any atom is -0.441 e. The average molecular weight is 504 g/mol. The third kappa shape index (κ3) is 5.68. The molecular weight excluding hydrogens is 486 g/mol. The number of rotatable bonds is 4. The number of halogens is 6. The van der Waals surface area contributed by atoms with Gasteiger partial charge < -0.3 is 19.5 Å². The van der Waals surface area contributed by atoms with Crippen LogP contribution in [-0.4, -0.2) is 49.6 Å². The lowest BCUT2D eigenvalue weighted by molar-refractivity contribution is -0.138. The maximum Gasteiger partial charge on any atom is 0.416 e. The highest BCUT2D eigenvalue weighted by Gasteiger charge is 2.50. The first kappa shape index (κ1) is 24.8. The number of carbonyl (C=O) groups is 2. The fraction of sp³-hybridized carbons (Fsp3) is 0.364. The Balaban J connectivity index is 1.32. The zero-order valence-corrected chi connectivity index (χ0v) is 17.7. The average Bonchev–Trinajstić information content (AvgIpc) is 3.36. The molecule has 2 aliphatic rings. The summed E-state index contributed by atoms with van der Waals surface area (Å²) in [5.41, 5.74) is -1.94. The van der Waals surface area contributed by atoms with Gasteiger partial charge in [0.1, 0.15) is 12.2 Å². The van der Waals surface area contributed by atoms with E-state index in [1.54, 1.807) is 0 Å². The number of amides is 2. The van der Waals surface area contributed by atoms with Crippen LogP contribution in [0.15, 0.2) is 48.5 Å². The highest BCUT2D eigenvalue weighted by atomic mass is 19.4. The van der Waals surface area contributed by atoms with Gasteiger partial charge in [-0.15, -0.1) is 0 Å². The summed E-state index contributed by atoms with van der Waals surface area (Å²) in [7, 11) is 0. The second kappa shape index (κ2) is 9.38. The molecule has 35 heavy (non-hydrogen) atoms. The predicted molar refractivity (Wildman–Crippen MR) is 108 cm³/mol. The molecule has 2 amide bonds. The second-order valence-electron chi connectivity index (χ2n) is 7.90. The molecular formula is C22H18F6N2O5. The van der Waals surface area contributed by atoms with Gasteiger partial charge in [-0.2, -0.15) is 26.3 Å². The molecule has 2 aromatic rings. The van der Waals surface area contributed by atoms with Gasteiger partial charge in [-0.25, -0.2) is 4.79 Å². The van der Waals surface area contributed by atoms with Crippen LogP contribution in [-0.2, 0) is 26.6 Å². The van der Waals surface area contributed by atoms with E-state index in [0.29, 0.717) is 0 Å². The summed E-state index contributed by atoms with van der Waals surface area (Å²) >= 11 is 0. The van der Waals surface area contributed by atoms with Crippen molar-refractivity contribution in [2.75, 3.05) is 18.5 Å². The summed E-state index contributed by atoms with van der Waals surface area (Å²) < 4.78 is 92.9. The first-order chi connectivity index (χ1) is 16.4. The van der Waals surface area contributed by atoms with Gasteiger partial charge in [0.15, 0.2) is 6.10 Å². The first-order valence-corrected chi connectivity index (χ1v) is 10.3. The van der Waals surface area contributed by atoms with E-state index in [1.165, 1.54) is 6.07 Å². The van der Waals surface area contributed by atoms with Crippen molar-refractivity contribution in [3.63, 3.8) is 0 Å². The summed E-state index contributed by atoms with van der Waals surface area (Å²) in [5.74, 6) is -0.636. The lowest BCUT2D eigenvalue weighted by atomic mass is 10.1. The topological polar surface area (TPSA) is 85.9 Å². The van der Waals surface area contributed by atoms with E-state index in [-0.39, 0.29) is 24.5 Å². The molecule has 0 spiro atoms. The molecule has 2 aromatic carbocycles. The summed E-state index contributed by atoms with van der Waals surface area (Å²) in [6, 6.07) is 7.04. The van der Waals surface area contributed by atoms with Crippen LogP contribution in [0, 0.1) is 0 Å². The minimum atomic E-state index is -4.58. The van der Waals surface area contributed by atoms with Crippen LogP contribution in [0.4, 0.5) is 36.8 Å². The Morgan fingerprint density at radius 1 is 0.857 bits per heavy atom. The standard InChI is InChI=1S/C22H18F6N2O5/c23-21(24,25)12-6-4-11(5-7-12)19(31)30-15-9-33-18-16(10-34-17(15)18)35-20(32)29-14-3-1-2-13(8-14)22(26,27)28/h1-8,15-18H,9-10H2,(H,29,32)(H,30,31)/t15-,16-,17-,18+/m0/s1. The maximum absolute atomic E-state index is 12.8. The van der Waals surface area contributed by atoms with E-state index in [0.717, 1.165) is 42.5 Å². The van der Waals surface area contributed by atoms with Gasteiger partial charge >= 0.3 is 18.4 Å². The van der Waals surface area contributed by atoms with E-state index >= 15 is 0 Å². The van der Waals surface area contributed by atoms with Gasteiger partial charge in [0.2, 0.25) is 0 Å². The van der Waals surface area contributed by atoms with Crippen molar-refractivity contribution >= 4 is 17.7 Å². The summed E-state index contributed by atoms with van der Waals surface area (Å²) in [4.78, 5) is 24.6. The van der Waals surface area contributed by atoms with Gasteiger partial charge in [-0.1, -0.05) is 6.07 Å². The third-order valence-electron chi connectivity index (χ3n) is 5.49.